The van der Waals surface area contributed by atoms with E-state index in [1.165, 1.54) is 30.3 Å². The largest absolute Gasteiger partial charge is 0.484 e. The van der Waals surface area contributed by atoms with E-state index in [0.717, 1.165) is 0 Å². The number of rotatable bonds is 8. The van der Waals surface area contributed by atoms with Crippen LogP contribution in [0.1, 0.15) is 5.56 Å². The molecule has 2 amide bonds. The van der Waals surface area contributed by atoms with Crippen LogP contribution < -0.4 is 15.4 Å². The third-order valence-corrected chi connectivity index (χ3v) is 4.28. The summed E-state index contributed by atoms with van der Waals surface area (Å²) >= 11 is 0. The topological polar surface area (TPSA) is 134 Å². The van der Waals surface area contributed by atoms with Crippen molar-refractivity contribution in [3.05, 3.63) is 100 Å². The summed E-state index contributed by atoms with van der Waals surface area (Å²) in [5.41, 5.74) is 0.951. The molecule has 0 aliphatic rings. The molecule has 0 spiro atoms. The van der Waals surface area contributed by atoms with Crippen molar-refractivity contribution in [3.8, 4) is 11.8 Å². The first-order valence-corrected chi connectivity index (χ1v) is 9.70. The quantitative estimate of drug-likeness (QED) is 0.233. The third-order valence-electron chi connectivity index (χ3n) is 4.28. The first-order chi connectivity index (χ1) is 15.9. The summed E-state index contributed by atoms with van der Waals surface area (Å²) in [5.74, 6) is -0.675. The minimum absolute atomic E-state index is 0.184. The molecule has 0 fully saturated rings. The summed E-state index contributed by atoms with van der Waals surface area (Å²) < 4.78 is 5.50. The van der Waals surface area contributed by atoms with Crippen LogP contribution in [0, 0.1) is 21.4 Å². The minimum atomic E-state index is -0.716. The van der Waals surface area contributed by atoms with Crippen LogP contribution in [0.4, 0.5) is 17.1 Å². The van der Waals surface area contributed by atoms with Gasteiger partial charge in [0.15, 0.2) is 6.61 Å². The van der Waals surface area contributed by atoms with Crippen molar-refractivity contribution in [2.24, 2.45) is 0 Å². The Kier molecular flexibility index (Phi) is 7.49. The average Bonchev–Trinajstić information content (AvgIpc) is 2.82. The van der Waals surface area contributed by atoms with Crippen molar-refractivity contribution >= 4 is 35.0 Å². The molecule has 3 aromatic carbocycles. The third kappa shape index (κ3) is 6.77. The molecule has 2 N–H and O–H groups in total. The Morgan fingerprint density at radius 2 is 1.70 bits per heavy atom. The maximum absolute atomic E-state index is 12.4. The van der Waals surface area contributed by atoms with E-state index in [1.54, 1.807) is 48.5 Å². The number of carbonyl (C=O) groups is 2. The number of hydrogen-bond donors (Lipinski definition) is 2. The Labute approximate surface area is 189 Å². The molecule has 0 bridgehead atoms. The summed E-state index contributed by atoms with van der Waals surface area (Å²) in [6, 6.07) is 22.7. The summed E-state index contributed by atoms with van der Waals surface area (Å²) in [6.07, 6.45) is 1.35. The lowest BCUT2D eigenvalue weighted by atomic mass is 10.1. The fourth-order valence-electron chi connectivity index (χ4n) is 2.77. The molecule has 3 rings (SSSR count). The van der Waals surface area contributed by atoms with Gasteiger partial charge in [-0.05, 0) is 42.0 Å². The van der Waals surface area contributed by atoms with E-state index in [2.05, 4.69) is 10.6 Å². The molecule has 0 atom stereocenters. The van der Waals surface area contributed by atoms with E-state index >= 15 is 0 Å². The molecule has 9 heteroatoms. The van der Waals surface area contributed by atoms with Gasteiger partial charge in [-0.15, -0.1) is 0 Å². The molecule has 0 saturated heterocycles. The highest BCUT2D eigenvalue weighted by Gasteiger charge is 2.12. The van der Waals surface area contributed by atoms with Crippen LogP contribution in [0.5, 0.6) is 5.75 Å². The zero-order valence-electron chi connectivity index (χ0n) is 17.2. The number of nitriles is 1. The van der Waals surface area contributed by atoms with Crippen LogP contribution >= 0.6 is 0 Å². The van der Waals surface area contributed by atoms with Crippen molar-refractivity contribution in [1.82, 2.24) is 0 Å². The van der Waals surface area contributed by atoms with Crippen molar-refractivity contribution < 1.29 is 19.2 Å². The molecule has 33 heavy (non-hydrogen) atoms. The van der Waals surface area contributed by atoms with Crippen molar-refractivity contribution in [3.63, 3.8) is 0 Å². The summed E-state index contributed by atoms with van der Waals surface area (Å²) in [7, 11) is 0. The number of nitrogens with one attached hydrogen (secondary N) is 2. The molecule has 0 unspecified atom stereocenters. The van der Waals surface area contributed by atoms with Gasteiger partial charge in [0.1, 0.15) is 17.4 Å². The van der Waals surface area contributed by atoms with E-state index < -0.39 is 10.8 Å². The highest BCUT2D eigenvalue weighted by molar-refractivity contribution is 6.09. The van der Waals surface area contributed by atoms with E-state index in [0.29, 0.717) is 17.0 Å². The van der Waals surface area contributed by atoms with Crippen LogP contribution in [0.3, 0.4) is 0 Å². The maximum Gasteiger partial charge on any atom is 0.271 e. The number of nitrogens with zero attached hydrogens (tertiary/aromatic N) is 2. The van der Waals surface area contributed by atoms with Gasteiger partial charge in [-0.1, -0.05) is 36.4 Å². The second-order valence-corrected chi connectivity index (χ2v) is 6.71. The molecule has 3 aromatic rings. The van der Waals surface area contributed by atoms with Crippen molar-refractivity contribution in [2.75, 3.05) is 17.2 Å². The predicted molar refractivity (Wildman–Crippen MR) is 122 cm³/mol. The van der Waals surface area contributed by atoms with Gasteiger partial charge in [0.05, 0.1) is 4.92 Å². The van der Waals surface area contributed by atoms with Gasteiger partial charge in [-0.2, -0.15) is 5.26 Å². The molecule has 9 nitrogen and oxygen atoms in total. The Hall–Kier alpha value is -4.97. The Bertz CT molecular complexity index is 1250. The minimum Gasteiger partial charge on any atom is -0.484 e. The monoisotopic (exact) mass is 442 g/mol. The number of anilines is 2. The molecule has 0 aliphatic heterocycles. The smallest absolute Gasteiger partial charge is 0.271 e. The van der Waals surface area contributed by atoms with Gasteiger partial charge in [-0.25, -0.2) is 0 Å². The standard InChI is InChI=1S/C24H18N4O5/c25-15-18(24(30)27-20-9-5-10-21(14-20)28(31)32)12-17-6-4-11-22(13-17)33-16-23(29)26-19-7-2-1-3-8-19/h1-14H,16H2,(H,26,29)(H,27,30)/b18-12-. The fourth-order valence-corrected chi connectivity index (χ4v) is 2.77. The first kappa shape index (κ1) is 22.7. The van der Waals surface area contributed by atoms with Crippen LogP contribution in [0.25, 0.3) is 6.08 Å². The SMILES string of the molecule is N#C/C(=C/c1cccc(OCC(=O)Nc2ccccc2)c1)C(=O)Nc1cccc([N+](=O)[O-])c1. The Morgan fingerprint density at radius 3 is 2.42 bits per heavy atom. The van der Waals surface area contributed by atoms with E-state index in [1.807, 2.05) is 12.1 Å². The molecular formula is C24H18N4O5. The van der Waals surface area contributed by atoms with Gasteiger partial charge >= 0.3 is 0 Å². The lowest BCUT2D eigenvalue weighted by Crippen LogP contribution is -2.20. The Balaban J connectivity index is 1.65. The highest BCUT2D eigenvalue weighted by Crippen LogP contribution is 2.19. The second kappa shape index (κ2) is 10.9. The van der Waals surface area contributed by atoms with E-state index in [-0.39, 0.29) is 29.5 Å². The molecule has 0 heterocycles. The van der Waals surface area contributed by atoms with E-state index in [4.69, 9.17) is 4.74 Å². The lowest BCUT2D eigenvalue weighted by Gasteiger charge is -2.08. The number of nitro benzene ring substituents is 1. The average molecular weight is 442 g/mol. The fraction of sp³-hybridized carbons (Fsp3) is 0.0417. The van der Waals surface area contributed by atoms with Crippen LogP contribution in [-0.4, -0.2) is 23.3 Å². The van der Waals surface area contributed by atoms with Gasteiger partial charge in [0.2, 0.25) is 0 Å². The van der Waals surface area contributed by atoms with Crippen LogP contribution in [0.2, 0.25) is 0 Å². The summed E-state index contributed by atoms with van der Waals surface area (Å²) in [5, 5.41) is 25.4. The molecule has 0 aromatic heterocycles. The first-order valence-electron chi connectivity index (χ1n) is 9.70. The summed E-state index contributed by atoms with van der Waals surface area (Å²) in [6.45, 7) is -0.222. The number of para-hydroxylation sites is 1. The number of carbonyl (C=O) groups excluding carboxylic acids is 2. The number of amides is 2. The maximum atomic E-state index is 12.4. The number of nitro groups is 1. The number of benzene rings is 3. The summed E-state index contributed by atoms with van der Waals surface area (Å²) in [4.78, 5) is 34.8. The number of hydrogen-bond acceptors (Lipinski definition) is 6. The molecule has 0 saturated carbocycles. The van der Waals surface area contributed by atoms with Crippen LogP contribution in [0.15, 0.2) is 84.4 Å². The van der Waals surface area contributed by atoms with Gasteiger partial charge in [-0.3, -0.25) is 19.7 Å². The van der Waals surface area contributed by atoms with Gasteiger partial charge in [0, 0.05) is 23.5 Å². The molecule has 0 radical (unpaired) electrons. The van der Waals surface area contributed by atoms with Crippen LogP contribution in [-0.2, 0) is 9.59 Å². The molecule has 164 valence electrons. The molecule has 0 aliphatic carbocycles. The van der Waals surface area contributed by atoms with Gasteiger partial charge in [0.25, 0.3) is 17.5 Å². The number of non-ortho nitro benzene ring substituents is 1. The van der Waals surface area contributed by atoms with Crippen molar-refractivity contribution in [2.45, 2.75) is 0 Å². The Morgan fingerprint density at radius 1 is 0.970 bits per heavy atom. The zero-order chi connectivity index (χ0) is 23.6. The number of ether oxygens (including phenoxy) is 1. The highest BCUT2D eigenvalue weighted by atomic mass is 16.6. The second-order valence-electron chi connectivity index (χ2n) is 6.71. The van der Waals surface area contributed by atoms with E-state index in [9.17, 15) is 25.0 Å². The zero-order valence-corrected chi connectivity index (χ0v) is 17.2. The van der Waals surface area contributed by atoms with Gasteiger partial charge < -0.3 is 15.4 Å². The predicted octanol–water partition coefficient (Wildman–Crippen LogP) is 4.16. The molecular weight excluding hydrogens is 424 g/mol. The van der Waals surface area contributed by atoms with Crippen molar-refractivity contribution in [1.29, 1.82) is 5.26 Å². The lowest BCUT2D eigenvalue weighted by molar-refractivity contribution is -0.384. The normalized spacial score (nSPS) is 10.6.